The molecule has 1 aromatic heterocycles. The zero-order valence-corrected chi connectivity index (χ0v) is 13.7. The first-order valence-corrected chi connectivity index (χ1v) is 7.73. The van der Waals surface area contributed by atoms with Crippen LogP contribution in [0.1, 0.15) is 26.3 Å². The number of hydrogen-bond acceptors (Lipinski definition) is 4. The minimum atomic E-state index is -1.68. The van der Waals surface area contributed by atoms with Gasteiger partial charge in [-0.2, -0.15) is 11.3 Å². The van der Waals surface area contributed by atoms with Gasteiger partial charge in [-0.25, -0.2) is 8.78 Å². The van der Waals surface area contributed by atoms with Crippen molar-refractivity contribution in [3.63, 3.8) is 0 Å². The molecule has 4 nitrogen and oxygen atoms in total. The predicted molar refractivity (Wildman–Crippen MR) is 86.3 cm³/mol. The fourth-order valence-corrected chi connectivity index (χ4v) is 3.11. The Labute approximate surface area is 136 Å². The lowest BCUT2D eigenvalue weighted by Gasteiger charge is -2.26. The topological polar surface area (TPSA) is 69.6 Å². The van der Waals surface area contributed by atoms with Gasteiger partial charge in [0, 0.05) is 11.7 Å². The number of hydrogen-bond donors (Lipinski definition) is 3. The van der Waals surface area contributed by atoms with Crippen LogP contribution in [0, 0.1) is 11.6 Å². The molecule has 2 aromatic rings. The normalized spacial score (nSPS) is 11.4. The van der Waals surface area contributed by atoms with E-state index in [1.807, 2.05) is 0 Å². The lowest BCUT2D eigenvalue weighted by atomic mass is 9.88. The number of benzene rings is 1. The first-order valence-electron chi connectivity index (χ1n) is 6.85. The van der Waals surface area contributed by atoms with E-state index in [1.165, 1.54) is 30.5 Å². The molecule has 0 fully saturated rings. The quantitative estimate of drug-likeness (QED) is 0.744. The summed E-state index contributed by atoms with van der Waals surface area (Å²) in [5, 5.41) is 22.3. The van der Waals surface area contributed by atoms with E-state index in [-0.39, 0.29) is 21.8 Å². The van der Waals surface area contributed by atoms with Crippen molar-refractivity contribution in [1.82, 2.24) is 5.32 Å². The van der Waals surface area contributed by atoms with E-state index in [0.29, 0.717) is 5.56 Å². The molecule has 0 aliphatic heterocycles. The number of amides is 1. The van der Waals surface area contributed by atoms with Gasteiger partial charge in [-0.15, -0.1) is 0 Å². The molecular weight excluding hydrogens is 323 g/mol. The molecule has 0 radical (unpaired) electrons. The van der Waals surface area contributed by atoms with E-state index in [4.69, 9.17) is 10.0 Å². The Morgan fingerprint density at radius 1 is 1.22 bits per heavy atom. The second-order valence-corrected chi connectivity index (χ2v) is 6.68. The summed E-state index contributed by atoms with van der Waals surface area (Å²) in [6.45, 7) is 4.62. The zero-order chi connectivity index (χ0) is 17.4. The van der Waals surface area contributed by atoms with Gasteiger partial charge in [0.2, 0.25) is 5.91 Å². The van der Waals surface area contributed by atoms with E-state index in [2.05, 4.69) is 5.32 Å². The van der Waals surface area contributed by atoms with Crippen molar-refractivity contribution in [2.75, 3.05) is 0 Å². The number of nitrogens with one attached hydrogen (secondary N) is 1. The van der Waals surface area contributed by atoms with Crippen molar-refractivity contribution in [2.24, 2.45) is 0 Å². The van der Waals surface area contributed by atoms with Crippen LogP contribution in [0.2, 0.25) is 0 Å². The van der Waals surface area contributed by atoms with Gasteiger partial charge in [-0.1, -0.05) is 0 Å². The third kappa shape index (κ3) is 3.77. The molecule has 0 saturated carbocycles. The minimum absolute atomic E-state index is 0.196. The van der Waals surface area contributed by atoms with Crippen LogP contribution in [-0.4, -0.2) is 23.1 Å². The highest BCUT2D eigenvalue weighted by molar-refractivity contribution is 7.20. The first kappa shape index (κ1) is 17.6. The van der Waals surface area contributed by atoms with Crippen molar-refractivity contribution in [1.29, 1.82) is 0 Å². The van der Waals surface area contributed by atoms with Crippen LogP contribution in [0.15, 0.2) is 23.6 Å². The third-order valence-electron chi connectivity index (χ3n) is 3.42. The molecule has 0 bridgehead atoms. The molecule has 0 spiro atoms. The number of thiophene rings is 1. The standard InChI is InChI=1S/C15H16BF2NO3S/c1-8(20)19-15(2,3)10-5-11(17)14(12(18)6-10)9-4-13(16(21)22)23-7-9/h4-7,21-22H,1-3H3,(H,19,20). The Morgan fingerprint density at radius 2 is 1.78 bits per heavy atom. The van der Waals surface area contributed by atoms with Crippen molar-refractivity contribution in [3.05, 3.63) is 40.8 Å². The maximum Gasteiger partial charge on any atom is 0.499 e. The predicted octanol–water partition coefficient (Wildman–Crippen LogP) is 1.74. The van der Waals surface area contributed by atoms with E-state index in [9.17, 15) is 13.6 Å². The van der Waals surface area contributed by atoms with Gasteiger partial charge >= 0.3 is 7.12 Å². The monoisotopic (exact) mass is 339 g/mol. The van der Waals surface area contributed by atoms with E-state index >= 15 is 0 Å². The van der Waals surface area contributed by atoms with E-state index < -0.39 is 24.3 Å². The maximum atomic E-state index is 14.4. The van der Waals surface area contributed by atoms with Crippen molar-refractivity contribution in [2.45, 2.75) is 26.3 Å². The summed E-state index contributed by atoms with van der Waals surface area (Å²) in [5.74, 6) is -1.87. The molecule has 3 N–H and O–H groups in total. The molecular formula is C15H16BF2NO3S. The lowest BCUT2D eigenvalue weighted by Crippen LogP contribution is -2.39. The molecule has 0 saturated heterocycles. The molecule has 122 valence electrons. The molecule has 23 heavy (non-hydrogen) atoms. The summed E-state index contributed by atoms with van der Waals surface area (Å²) in [7, 11) is -1.68. The van der Waals surface area contributed by atoms with Gasteiger partial charge < -0.3 is 15.4 Å². The van der Waals surface area contributed by atoms with Gasteiger partial charge in [-0.3, -0.25) is 4.79 Å². The molecule has 0 atom stereocenters. The van der Waals surface area contributed by atoms with Crippen LogP contribution in [0.3, 0.4) is 0 Å². The molecule has 1 heterocycles. The van der Waals surface area contributed by atoms with Crippen molar-refractivity contribution < 1.29 is 23.6 Å². The van der Waals surface area contributed by atoms with Crippen LogP contribution in [0.5, 0.6) is 0 Å². The molecule has 1 amide bonds. The summed E-state index contributed by atoms with van der Waals surface area (Å²) >= 11 is 0.998. The smallest absolute Gasteiger partial charge is 0.423 e. The summed E-state index contributed by atoms with van der Waals surface area (Å²) in [6, 6.07) is 3.66. The average molecular weight is 339 g/mol. The zero-order valence-electron chi connectivity index (χ0n) is 12.9. The third-order valence-corrected chi connectivity index (χ3v) is 4.39. The highest BCUT2D eigenvalue weighted by atomic mass is 32.1. The van der Waals surface area contributed by atoms with Crippen LogP contribution in [-0.2, 0) is 10.3 Å². The van der Waals surface area contributed by atoms with Crippen LogP contribution in [0.4, 0.5) is 8.78 Å². The molecule has 0 aliphatic rings. The summed E-state index contributed by atoms with van der Waals surface area (Å²) < 4.78 is 29.0. The second-order valence-electron chi connectivity index (χ2n) is 5.73. The Morgan fingerprint density at radius 3 is 2.22 bits per heavy atom. The minimum Gasteiger partial charge on any atom is -0.423 e. The van der Waals surface area contributed by atoms with Gasteiger partial charge in [0.15, 0.2) is 0 Å². The second kappa shape index (κ2) is 6.39. The fourth-order valence-electron chi connectivity index (χ4n) is 2.34. The molecule has 1 aromatic carbocycles. The van der Waals surface area contributed by atoms with E-state index in [0.717, 1.165) is 11.3 Å². The lowest BCUT2D eigenvalue weighted by molar-refractivity contribution is -0.120. The molecule has 0 unspecified atom stereocenters. The van der Waals surface area contributed by atoms with Gasteiger partial charge in [0.1, 0.15) is 11.6 Å². The number of carbonyl (C=O) groups excluding carboxylic acids is 1. The summed E-state index contributed by atoms with van der Waals surface area (Å²) in [4.78, 5) is 11.2. The molecule has 0 aliphatic carbocycles. The summed E-state index contributed by atoms with van der Waals surface area (Å²) in [6.07, 6.45) is 0. The van der Waals surface area contributed by atoms with Crippen molar-refractivity contribution >= 4 is 29.1 Å². The number of halogens is 2. The number of rotatable bonds is 4. The van der Waals surface area contributed by atoms with Crippen LogP contribution < -0.4 is 10.1 Å². The van der Waals surface area contributed by atoms with Crippen molar-refractivity contribution in [3.8, 4) is 11.1 Å². The Balaban J connectivity index is 2.46. The Hall–Kier alpha value is -1.77. The SMILES string of the molecule is CC(=O)NC(C)(C)c1cc(F)c(-c2csc(B(O)O)c2)c(F)c1. The van der Waals surface area contributed by atoms with Gasteiger partial charge in [0.25, 0.3) is 0 Å². The largest absolute Gasteiger partial charge is 0.499 e. The highest BCUT2D eigenvalue weighted by Gasteiger charge is 2.26. The Bertz CT molecular complexity index is 723. The van der Waals surface area contributed by atoms with Gasteiger partial charge in [0.05, 0.1) is 11.1 Å². The Kier molecular flexibility index (Phi) is 4.88. The first-order chi connectivity index (χ1) is 10.6. The average Bonchev–Trinajstić information content (AvgIpc) is 2.85. The van der Waals surface area contributed by atoms with Gasteiger partial charge in [-0.05, 0) is 48.6 Å². The fraction of sp³-hybridized carbons (Fsp3) is 0.267. The summed E-state index contributed by atoms with van der Waals surface area (Å²) in [5.41, 5.74) is -0.635. The number of carbonyl (C=O) groups is 1. The van der Waals surface area contributed by atoms with Crippen LogP contribution >= 0.6 is 11.3 Å². The van der Waals surface area contributed by atoms with E-state index in [1.54, 1.807) is 13.8 Å². The molecule has 2 rings (SSSR count). The maximum absolute atomic E-state index is 14.4. The highest BCUT2D eigenvalue weighted by Crippen LogP contribution is 2.31. The molecule has 8 heteroatoms. The van der Waals surface area contributed by atoms with Crippen LogP contribution in [0.25, 0.3) is 11.1 Å².